The number of carbonyl (C=O) groups excluding carboxylic acids is 1. The van der Waals surface area contributed by atoms with Crippen LogP contribution < -0.4 is 10.9 Å². The van der Waals surface area contributed by atoms with Gasteiger partial charge in [0.05, 0.1) is 5.69 Å². The molecule has 3 aromatic rings. The number of nitrogens with one attached hydrogen (secondary N) is 1. The predicted octanol–water partition coefficient (Wildman–Crippen LogP) is 2.86. The van der Waals surface area contributed by atoms with Crippen molar-refractivity contribution in [3.63, 3.8) is 0 Å². The van der Waals surface area contributed by atoms with Crippen LogP contribution in [0.1, 0.15) is 29.3 Å². The van der Waals surface area contributed by atoms with Crippen molar-refractivity contribution in [1.29, 1.82) is 0 Å². The van der Waals surface area contributed by atoms with Crippen LogP contribution in [0.2, 0.25) is 0 Å². The summed E-state index contributed by atoms with van der Waals surface area (Å²) in [6.07, 6.45) is 0.826. The molecule has 0 atom stereocenters. The van der Waals surface area contributed by atoms with Gasteiger partial charge < -0.3 is 5.32 Å². The van der Waals surface area contributed by atoms with E-state index in [0.29, 0.717) is 5.65 Å². The number of aromatic nitrogens is 3. The molecule has 0 saturated carbocycles. The molecule has 0 unspecified atom stereocenters. The predicted molar refractivity (Wildman–Crippen MR) is 104 cm³/mol. The number of aryl methyl sites for hydroxylation is 5. The summed E-state index contributed by atoms with van der Waals surface area (Å²) >= 11 is 0. The van der Waals surface area contributed by atoms with Gasteiger partial charge in [0.15, 0.2) is 0 Å². The second-order valence-corrected chi connectivity index (χ2v) is 6.67. The van der Waals surface area contributed by atoms with Crippen molar-refractivity contribution in [3.8, 4) is 0 Å². The van der Waals surface area contributed by atoms with Gasteiger partial charge in [-0.15, -0.1) is 0 Å². The number of benzene rings is 1. The minimum absolute atomic E-state index is 0.0495. The third-order valence-electron chi connectivity index (χ3n) is 4.75. The van der Waals surface area contributed by atoms with Crippen molar-refractivity contribution in [3.05, 3.63) is 57.0 Å². The lowest BCUT2D eigenvalue weighted by Gasteiger charge is -2.14. The average Bonchev–Trinajstić information content (AvgIpc) is 2.88. The topological polar surface area (TPSA) is 68.9 Å². The van der Waals surface area contributed by atoms with Crippen LogP contribution in [-0.4, -0.2) is 20.3 Å². The van der Waals surface area contributed by atoms with Crippen molar-refractivity contribution in [2.24, 2.45) is 7.05 Å². The van der Waals surface area contributed by atoms with Gasteiger partial charge in [-0.1, -0.05) is 25.1 Å². The van der Waals surface area contributed by atoms with Gasteiger partial charge in [-0.2, -0.15) is 5.10 Å². The Morgan fingerprint density at radius 2 is 1.92 bits per heavy atom. The molecule has 6 nitrogen and oxygen atoms in total. The summed E-state index contributed by atoms with van der Waals surface area (Å²) < 4.78 is 3.15. The third kappa shape index (κ3) is 3.03. The van der Waals surface area contributed by atoms with E-state index in [4.69, 9.17) is 0 Å². The first-order chi connectivity index (χ1) is 12.3. The fraction of sp³-hybridized carbons (Fsp3) is 0.350. The summed E-state index contributed by atoms with van der Waals surface area (Å²) in [7, 11) is 1.79. The Bertz CT molecular complexity index is 1060. The van der Waals surface area contributed by atoms with Crippen molar-refractivity contribution < 1.29 is 4.79 Å². The molecule has 6 heteroatoms. The molecule has 3 rings (SSSR count). The lowest BCUT2D eigenvalue weighted by atomic mass is 10.1. The molecular formula is C20H24N4O2. The molecule has 0 aliphatic rings. The van der Waals surface area contributed by atoms with Crippen LogP contribution in [0.3, 0.4) is 0 Å². The first kappa shape index (κ1) is 17.9. The zero-order chi connectivity index (χ0) is 19.0. The number of rotatable bonds is 4. The second-order valence-electron chi connectivity index (χ2n) is 6.67. The molecule has 1 amide bonds. The van der Waals surface area contributed by atoms with Gasteiger partial charge in [0, 0.05) is 24.2 Å². The monoisotopic (exact) mass is 352 g/mol. The van der Waals surface area contributed by atoms with Crippen LogP contribution in [0.25, 0.3) is 11.0 Å². The zero-order valence-electron chi connectivity index (χ0n) is 15.9. The quantitative estimate of drug-likeness (QED) is 0.785. The second kappa shape index (κ2) is 6.78. The molecule has 1 N–H and O–H groups in total. The maximum Gasteiger partial charge on any atom is 0.252 e. The third-order valence-corrected chi connectivity index (χ3v) is 4.75. The number of hydrogen-bond acceptors (Lipinski definition) is 3. The summed E-state index contributed by atoms with van der Waals surface area (Å²) in [4.78, 5) is 25.2. The molecule has 26 heavy (non-hydrogen) atoms. The van der Waals surface area contributed by atoms with Gasteiger partial charge in [0.2, 0.25) is 5.91 Å². The van der Waals surface area contributed by atoms with Gasteiger partial charge >= 0.3 is 0 Å². The maximum atomic E-state index is 12.7. The van der Waals surface area contributed by atoms with E-state index in [9.17, 15) is 9.59 Å². The summed E-state index contributed by atoms with van der Waals surface area (Å²) in [5, 5.41) is 8.31. The van der Waals surface area contributed by atoms with Crippen molar-refractivity contribution in [2.45, 2.75) is 40.7 Å². The Morgan fingerprint density at radius 1 is 1.19 bits per heavy atom. The number of carbonyl (C=O) groups is 1. The number of pyridine rings is 1. The van der Waals surface area contributed by atoms with Crippen LogP contribution in [0, 0.1) is 20.8 Å². The number of nitrogens with zero attached hydrogens (tertiary/aromatic N) is 3. The Kier molecular flexibility index (Phi) is 4.68. The number of fused-ring (bicyclic) bond motifs is 1. The lowest BCUT2D eigenvalue weighted by molar-refractivity contribution is -0.116. The SMILES string of the molecule is CCc1cccc(C)c1NC(=O)Cn1c(=O)cc(C)c2c(C)nn(C)c21. The summed E-state index contributed by atoms with van der Waals surface area (Å²) in [6.45, 7) is 7.77. The van der Waals surface area contributed by atoms with Crippen LogP contribution in [-0.2, 0) is 24.8 Å². The molecule has 0 saturated heterocycles. The van der Waals surface area contributed by atoms with E-state index in [-0.39, 0.29) is 18.0 Å². The van der Waals surface area contributed by atoms with Crippen molar-refractivity contribution >= 4 is 22.6 Å². The first-order valence-electron chi connectivity index (χ1n) is 8.75. The van der Waals surface area contributed by atoms with Crippen LogP contribution >= 0.6 is 0 Å². The highest BCUT2D eigenvalue weighted by atomic mass is 16.2. The fourth-order valence-corrected chi connectivity index (χ4v) is 3.53. The summed E-state index contributed by atoms with van der Waals surface area (Å²) in [6, 6.07) is 7.52. The standard InChI is InChI=1S/C20H24N4O2/c1-6-15-9-7-8-12(2)19(15)21-16(25)11-24-17(26)10-13(3)18-14(4)22-23(5)20(18)24/h7-10H,6,11H2,1-5H3,(H,21,25). The highest BCUT2D eigenvalue weighted by Gasteiger charge is 2.17. The van der Waals surface area contributed by atoms with E-state index in [1.54, 1.807) is 17.8 Å². The highest BCUT2D eigenvalue weighted by molar-refractivity contribution is 5.93. The number of hydrogen-bond donors (Lipinski definition) is 1. The molecule has 0 radical (unpaired) electrons. The lowest BCUT2D eigenvalue weighted by Crippen LogP contribution is -2.29. The summed E-state index contributed by atoms with van der Waals surface area (Å²) in [5.41, 5.74) is 5.11. The van der Waals surface area contributed by atoms with E-state index >= 15 is 0 Å². The van der Waals surface area contributed by atoms with E-state index in [2.05, 4.69) is 17.3 Å². The van der Waals surface area contributed by atoms with Crippen molar-refractivity contribution in [1.82, 2.24) is 14.3 Å². The molecule has 0 fully saturated rings. The minimum atomic E-state index is -0.222. The smallest absolute Gasteiger partial charge is 0.252 e. The van der Waals surface area contributed by atoms with E-state index < -0.39 is 0 Å². The summed E-state index contributed by atoms with van der Waals surface area (Å²) in [5.74, 6) is -0.222. The molecule has 136 valence electrons. The number of anilines is 1. The molecule has 1 aromatic carbocycles. The molecule has 0 bridgehead atoms. The molecule has 0 spiro atoms. The zero-order valence-corrected chi connectivity index (χ0v) is 15.9. The number of para-hydroxylation sites is 1. The normalized spacial score (nSPS) is 11.1. The van der Waals surface area contributed by atoms with E-state index in [1.165, 1.54) is 4.57 Å². The van der Waals surface area contributed by atoms with Gasteiger partial charge in [-0.05, 0) is 43.9 Å². The Balaban J connectivity index is 2.00. The Hall–Kier alpha value is -2.89. The van der Waals surface area contributed by atoms with Gasteiger partial charge in [0.25, 0.3) is 5.56 Å². The molecule has 0 aliphatic heterocycles. The van der Waals surface area contributed by atoms with Crippen molar-refractivity contribution in [2.75, 3.05) is 5.32 Å². The van der Waals surface area contributed by atoms with E-state index in [0.717, 1.165) is 39.9 Å². The van der Waals surface area contributed by atoms with E-state index in [1.807, 2.05) is 39.0 Å². The Morgan fingerprint density at radius 3 is 2.62 bits per heavy atom. The fourth-order valence-electron chi connectivity index (χ4n) is 3.53. The average molecular weight is 352 g/mol. The minimum Gasteiger partial charge on any atom is -0.324 e. The Labute approximate surface area is 152 Å². The maximum absolute atomic E-state index is 12.7. The molecule has 0 aliphatic carbocycles. The molecular weight excluding hydrogens is 328 g/mol. The van der Waals surface area contributed by atoms with Crippen LogP contribution in [0.5, 0.6) is 0 Å². The van der Waals surface area contributed by atoms with Crippen LogP contribution in [0.15, 0.2) is 29.1 Å². The molecule has 2 aromatic heterocycles. The highest BCUT2D eigenvalue weighted by Crippen LogP contribution is 2.22. The van der Waals surface area contributed by atoms with Crippen LogP contribution in [0.4, 0.5) is 5.69 Å². The number of amides is 1. The van der Waals surface area contributed by atoms with Gasteiger partial charge in [-0.3, -0.25) is 18.8 Å². The first-order valence-corrected chi connectivity index (χ1v) is 8.75. The van der Waals surface area contributed by atoms with Gasteiger partial charge in [0.1, 0.15) is 12.2 Å². The largest absolute Gasteiger partial charge is 0.324 e. The van der Waals surface area contributed by atoms with Gasteiger partial charge in [-0.25, -0.2) is 0 Å². The molecule has 2 heterocycles.